The first-order valence-electron chi connectivity index (χ1n) is 8.84. The number of para-hydroxylation sites is 1. The van der Waals surface area contributed by atoms with E-state index < -0.39 is 0 Å². The van der Waals surface area contributed by atoms with Gasteiger partial charge in [0.15, 0.2) is 0 Å². The van der Waals surface area contributed by atoms with Crippen molar-refractivity contribution in [2.24, 2.45) is 0 Å². The van der Waals surface area contributed by atoms with Crippen LogP contribution in [0.15, 0.2) is 42.5 Å². The zero-order valence-electron chi connectivity index (χ0n) is 15.6. The van der Waals surface area contributed by atoms with Gasteiger partial charge in [-0.05, 0) is 56.0 Å². The quantitative estimate of drug-likeness (QED) is 0.763. The lowest BCUT2D eigenvalue weighted by Crippen LogP contribution is -2.33. The second-order valence-electron chi connectivity index (χ2n) is 6.11. The number of carbonyl (C=O) groups is 2. The third-order valence-electron chi connectivity index (χ3n) is 4.22. The standard InChI is InChI=1S/C21H26N2O3/c1-4-26-19-11-6-5-9-17(19)12-13-20(24)22-14-21(25)23-18-10-7-8-15(2)16(18)3/h5-11H,4,12-14H2,1-3H3,(H,22,24)(H,23,25). The van der Waals surface area contributed by atoms with Crippen molar-refractivity contribution in [3.8, 4) is 5.75 Å². The van der Waals surface area contributed by atoms with Crippen LogP contribution in [0.25, 0.3) is 0 Å². The molecule has 0 heterocycles. The number of hydrogen-bond donors (Lipinski definition) is 2. The predicted octanol–water partition coefficient (Wildman–Crippen LogP) is 3.39. The van der Waals surface area contributed by atoms with Gasteiger partial charge in [-0.25, -0.2) is 0 Å². The minimum atomic E-state index is -0.234. The molecule has 138 valence electrons. The molecule has 0 saturated carbocycles. The maximum absolute atomic E-state index is 12.0. The Morgan fingerprint density at radius 3 is 2.54 bits per heavy atom. The summed E-state index contributed by atoms with van der Waals surface area (Å²) in [6, 6.07) is 13.4. The molecule has 0 bridgehead atoms. The molecular weight excluding hydrogens is 328 g/mol. The molecule has 2 aromatic carbocycles. The van der Waals surface area contributed by atoms with Crippen molar-refractivity contribution in [2.75, 3.05) is 18.5 Å². The maximum Gasteiger partial charge on any atom is 0.243 e. The van der Waals surface area contributed by atoms with Gasteiger partial charge in [0, 0.05) is 12.1 Å². The van der Waals surface area contributed by atoms with Crippen LogP contribution in [0.4, 0.5) is 5.69 Å². The van der Waals surface area contributed by atoms with E-state index in [0.29, 0.717) is 19.4 Å². The lowest BCUT2D eigenvalue weighted by Gasteiger charge is -2.11. The minimum absolute atomic E-state index is 0.0423. The molecule has 0 aliphatic rings. The van der Waals surface area contributed by atoms with E-state index in [9.17, 15) is 9.59 Å². The van der Waals surface area contributed by atoms with E-state index in [1.807, 2.05) is 63.2 Å². The first kappa shape index (κ1) is 19.5. The van der Waals surface area contributed by atoms with Crippen molar-refractivity contribution in [1.82, 2.24) is 5.32 Å². The van der Waals surface area contributed by atoms with Crippen molar-refractivity contribution >= 4 is 17.5 Å². The van der Waals surface area contributed by atoms with Crippen LogP contribution in [-0.4, -0.2) is 25.0 Å². The molecule has 5 nitrogen and oxygen atoms in total. The Labute approximate surface area is 154 Å². The highest BCUT2D eigenvalue weighted by atomic mass is 16.5. The summed E-state index contributed by atoms with van der Waals surface area (Å²) >= 11 is 0. The highest BCUT2D eigenvalue weighted by molar-refractivity contribution is 5.95. The van der Waals surface area contributed by atoms with Gasteiger partial charge in [-0.2, -0.15) is 0 Å². The topological polar surface area (TPSA) is 67.4 Å². The van der Waals surface area contributed by atoms with Crippen LogP contribution < -0.4 is 15.4 Å². The van der Waals surface area contributed by atoms with Crippen LogP contribution >= 0.6 is 0 Å². The smallest absolute Gasteiger partial charge is 0.243 e. The molecule has 0 aliphatic heterocycles. The van der Waals surface area contributed by atoms with E-state index in [1.165, 1.54) is 0 Å². The molecule has 2 N–H and O–H groups in total. The van der Waals surface area contributed by atoms with E-state index in [-0.39, 0.29) is 18.4 Å². The van der Waals surface area contributed by atoms with E-state index in [0.717, 1.165) is 28.1 Å². The van der Waals surface area contributed by atoms with Crippen LogP contribution in [0, 0.1) is 13.8 Å². The number of aryl methyl sites for hydroxylation is 2. The number of hydrogen-bond acceptors (Lipinski definition) is 3. The van der Waals surface area contributed by atoms with E-state index >= 15 is 0 Å². The second-order valence-corrected chi connectivity index (χ2v) is 6.11. The summed E-state index contributed by atoms with van der Waals surface area (Å²) in [6.07, 6.45) is 0.876. The third kappa shape index (κ3) is 5.62. The summed E-state index contributed by atoms with van der Waals surface area (Å²) in [4.78, 5) is 24.1. The molecule has 2 rings (SSSR count). The molecule has 26 heavy (non-hydrogen) atoms. The lowest BCUT2D eigenvalue weighted by molar-refractivity contribution is -0.124. The molecule has 0 aliphatic carbocycles. The van der Waals surface area contributed by atoms with E-state index in [4.69, 9.17) is 4.74 Å². The number of benzene rings is 2. The van der Waals surface area contributed by atoms with Crippen molar-refractivity contribution in [3.63, 3.8) is 0 Å². The Morgan fingerprint density at radius 2 is 1.77 bits per heavy atom. The van der Waals surface area contributed by atoms with Gasteiger partial charge in [-0.1, -0.05) is 30.3 Å². The molecule has 0 unspecified atom stereocenters. The number of ether oxygens (including phenoxy) is 1. The fourth-order valence-corrected chi connectivity index (χ4v) is 2.60. The number of amides is 2. The van der Waals surface area contributed by atoms with E-state index in [1.54, 1.807) is 0 Å². The summed E-state index contributed by atoms with van der Waals surface area (Å²) in [5, 5.41) is 5.50. The minimum Gasteiger partial charge on any atom is -0.494 e. The maximum atomic E-state index is 12.0. The van der Waals surface area contributed by atoms with Crippen LogP contribution in [0.2, 0.25) is 0 Å². The highest BCUT2D eigenvalue weighted by Crippen LogP contribution is 2.19. The van der Waals surface area contributed by atoms with Crippen molar-refractivity contribution in [1.29, 1.82) is 0 Å². The molecular formula is C21H26N2O3. The van der Waals surface area contributed by atoms with Gasteiger partial charge in [-0.3, -0.25) is 9.59 Å². The van der Waals surface area contributed by atoms with Crippen LogP contribution in [0.1, 0.15) is 30.0 Å². The van der Waals surface area contributed by atoms with Crippen molar-refractivity contribution < 1.29 is 14.3 Å². The predicted molar refractivity (Wildman–Crippen MR) is 103 cm³/mol. The van der Waals surface area contributed by atoms with Crippen molar-refractivity contribution in [3.05, 3.63) is 59.2 Å². The first-order valence-corrected chi connectivity index (χ1v) is 8.84. The summed E-state index contributed by atoms with van der Waals surface area (Å²) < 4.78 is 5.56. The number of rotatable bonds is 8. The molecule has 0 spiro atoms. The summed E-state index contributed by atoms with van der Waals surface area (Å²) in [5.74, 6) is 0.407. The molecule has 0 saturated heterocycles. The van der Waals surface area contributed by atoms with Crippen molar-refractivity contribution in [2.45, 2.75) is 33.6 Å². The van der Waals surface area contributed by atoms with Gasteiger partial charge >= 0.3 is 0 Å². The fourth-order valence-electron chi connectivity index (χ4n) is 2.60. The fraction of sp³-hybridized carbons (Fsp3) is 0.333. The van der Waals surface area contributed by atoms with Gasteiger partial charge in [-0.15, -0.1) is 0 Å². The summed E-state index contributed by atoms with van der Waals surface area (Å²) in [7, 11) is 0. The molecule has 0 fully saturated rings. The zero-order valence-corrected chi connectivity index (χ0v) is 15.6. The second kappa shape index (κ2) is 9.61. The number of carbonyl (C=O) groups excluding carboxylic acids is 2. The largest absolute Gasteiger partial charge is 0.494 e. The van der Waals surface area contributed by atoms with Gasteiger partial charge in [0.05, 0.1) is 13.2 Å². The third-order valence-corrected chi connectivity index (χ3v) is 4.22. The summed E-state index contributed by atoms with van der Waals surface area (Å²) in [6.45, 7) is 6.42. The van der Waals surface area contributed by atoms with Gasteiger partial charge in [0.2, 0.25) is 11.8 Å². The first-order chi connectivity index (χ1) is 12.5. The highest BCUT2D eigenvalue weighted by Gasteiger charge is 2.10. The van der Waals surface area contributed by atoms with Crippen LogP contribution in [-0.2, 0) is 16.0 Å². The monoisotopic (exact) mass is 354 g/mol. The molecule has 0 aromatic heterocycles. The Kier molecular flexibility index (Phi) is 7.21. The average Bonchev–Trinajstić information content (AvgIpc) is 2.63. The average molecular weight is 354 g/mol. The molecule has 0 radical (unpaired) electrons. The molecule has 2 aromatic rings. The SMILES string of the molecule is CCOc1ccccc1CCC(=O)NCC(=O)Nc1cccc(C)c1C. The Hall–Kier alpha value is -2.82. The van der Waals surface area contributed by atoms with Gasteiger partial charge in [0.1, 0.15) is 5.75 Å². The molecule has 0 atom stereocenters. The van der Waals surface area contributed by atoms with E-state index in [2.05, 4.69) is 10.6 Å². The Morgan fingerprint density at radius 1 is 1.00 bits per heavy atom. The number of nitrogens with one attached hydrogen (secondary N) is 2. The molecule has 2 amide bonds. The Bertz CT molecular complexity index is 772. The van der Waals surface area contributed by atoms with Crippen LogP contribution in [0.5, 0.6) is 5.75 Å². The zero-order chi connectivity index (χ0) is 18.9. The Balaban J connectivity index is 1.80. The number of anilines is 1. The van der Waals surface area contributed by atoms with Gasteiger partial charge < -0.3 is 15.4 Å². The lowest BCUT2D eigenvalue weighted by atomic mass is 10.1. The normalized spacial score (nSPS) is 10.3. The summed E-state index contributed by atoms with van der Waals surface area (Å²) in [5.41, 5.74) is 3.90. The molecule has 5 heteroatoms. The van der Waals surface area contributed by atoms with Crippen LogP contribution in [0.3, 0.4) is 0 Å². The van der Waals surface area contributed by atoms with Gasteiger partial charge in [0.25, 0.3) is 0 Å².